The van der Waals surface area contributed by atoms with Gasteiger partial charge in [0.1, 0.15) is 5.75 Å². The minimum Gasteiger partial charge on any atom is -0.497 e. The molecule has 0 fully saturated rings. The van der Waals surface area contributed by atoms with Gasteiger partial charge in [-0.2, -0.15) is 0 Å². The fraction of sp³-hybridized carbons (Fsp3) is 0.333. The molecule has 2 N–H and O–H groups in total. The van der Waals surface area contributed by atoms with Crippen LogP contribution in [0.15, 0.2) is 48.5 Å². The molecule has 2 aromatic carbocycles. The van der Waals surface area contributed by atoms with Crippen LogP contribution in [0, 0.1) is 5.92 Å². The standard InChI is InChI=1S/C21H26O5/c1-24-18-10-7-15(8-11-18)5-4-6-17(14-22)21(23)16-9-12-19(25-2)20(13-16)26-3/h4-5,7-13,17,21-23H,6,14H2,1-3H3/b5-4+/t17-,21+/m1/s1. The summed E-state index contributed by atoms with van der Waals surface area (Å²) in [5, 5.41) is 20.3. The van der Waals surface area contributed by atoms with Crippen LogP contribution >= 0.6 is 0 Å². The Morgan fingerprint density at radius 1 is 0.923 bits per heavy atom. The highest BCUT2D eigenvalue weighted by atomic mass is 16.5. The molecular weight excluding hydrogens is 332 g/mol. The Hall–Kier alpha value is -2.50. The summed E-state index contributed by atoms with van der Waals surface area (Å²) in [5.74, 6) is 1.64. The maximum atomic E-state index is 10.6. The van der Waals surface area contributed by atoms with Gasteiger partial charge in [0.25, 0.3) is 0 Å². The zero-order valence-electron chi connectivity index (χ0n) is 15.4. The summed E-state index contributed by atoms with van der Waals surface area (Å²) in [6, 6.07) is 13.0. The summed E-state index contributed by atoms with van der Waals surface area (Å²) in [5.41, 5.74) is 1.71. The molecular formula is C21H26O5. The van der Waals surface area contributed by atoms with Crippen molar-refractivity contribution in [1.29, 1.82) is 0 Å². The number of ether oxygens (including phenoxy) is 3. The first-order valence-electron chi connectivity index (χ1n) is 8.44. The van der Waals surface area contributed by atoms with E-state index in [1.54, 1.807) is 39.5 Å². The van der Waals surface area contributed by atoms with Crippen LogP contribution in [-0.4, -0.2) is 38.1 Å². The monoisotopic (exact) mass is 358 g/mol. The third kappa shape index (κ3) is 5.00. The van der Waals surface area contributed by atoms with Crippen LogP contribution < -0.4 is 14.2 Å². The van der Waals surface area contributed by atoms with E-state index in [0.29, 0.717) is 23.5 Å². The molecule has 0 heterocycles. The summed E-state index contributed by atoms with van der Waals surface area (Å²) in [6.45, 7) is -0.123. The molecule has 0 unspecified atom stereocenters. The second kappa shape index (κ2) is 9.85. The average Bonchev–Trinajstić information content (AvgIpc) is 2.70. The van der Waals surface area contributed by atoms with E-state index in [2.05, 4.69) is 0 Å². The van der Waals surface area contributed by atoms with Crippen molar-refractivity contribution in [2.45, 2.75) is 12.5 Å². The number of aliphatic hydroxyl groups excluding tert-OH is 2. The van der Waals surface area contributed by atoms with Gasteiger partial charge in [0.05, 0.1) is 27.4 Å². The van der Waals surface area contributed by atoms with Crippen LogP contribution in [0.25, 0.3) is 6.08 Å². The zero-order valence-corrected chi connectivity index (χ0v) is 15.4. The van der Waals surface area contributed by atoms with Gasteiger partial charge in [0.2, 0.25) is 0 Å². The Kier molecular flexibility index (Phi) is 7.51. The Bertz CT molecular complexity index is 709. The van der Waals surface area contributed by atoms with Gasteiger partial charge in [-0.25, -0.2) is 0 Å². The van der Waals surface area contributed by atoms with Crippen molar-refractivity contribution in [1.82, 2.24) is 0 Å². The molecule has 5 heteroatoms. The van der Waals surface area contributed by atoms with E-state index in [1.807, 2.05) is 36.4 Å². The molecule has 0 aliphatic heterocycles. The first-order valence-corrected chi connectivity index (χ1v) is 8.44. The largest absolute Gasteiger partial charge is 0.497 e. The maximum absolute atomic E-state index is 10.6. The Morgan fingerprint density at radius 3 is 2.19 bits per heavy atom. The number of hydrogen-bond donors (Lipinski definition) is 2. The Balaban J connectivity index is 2.05. The number of aliphatic hydroxyl groups is 2. The fourth-order valence-corrected chi connectivity index (χ4v) is 2.71. The molecule has 0 amide bonds. The smallest absolute Gasteiger partial charge is 0.161 e. The number of allylic oxidation sites excluding steroid dienone is 1. The molecule has 2 rings (SSSR count). The van der Waals surface area contributed by atoms with Gasteiger partial charge in [-0.15, -0.1) is 0 Å². The zero-order chi connectivity index (χ0) is 18.9. The Labute approximate surface area is 154 Å². The summed E-state index contributed by atoms with van der Waals surface area (Å²) in [7, 11) is 4.75. The molecule has 5 nitrogen and oxygen atoms in total. The van der Waals surface area contributed by atoms with Gasteiger partial charge in [-0.1, -0.05) is 30.4 Å². The van der Waals surface area contributed by atoms with Crippen LogP contribution in [0.4, 0.5) is 0 Å². The Morgan fingerprint density at radius 2 is 1.62 bits per heavy atom. The highest BCUT2D eigenvalue weighted by Gasteiger charge is 2.20. The molecule has 2 atom stereocenters. The first-order chi connectivity index (χ1) is 12.6. The number of rotatable bonds is 9. The number of hydrogen-bond acceptors (Lipinski definition) is 5. The van der Waals surface area contributed by atoms with E-state index < -0.39 is 6.10 Å². The van der Waals surface area contributed by atoms with Gasteiger partial charge in [0.15, 0.2) is 11.5 Å². The molecule has 140 valence electrons. The van der Waals surface area contributed by atoms with Crippen LogP contribution in [0.2, 0.25) is 0 Å². The van der Waals surface area contributed by atoms with Gasteiger partial charge in [-0.3, -0.25) is 0 Å². The topological polar surface area (TPSA) is 68.2 Å². The minimum atomic E-state index is -0.805. The number of methoxy groups -OCH3 is 3. The van der Waals surface area contributed by atoms with Crippen LogP contribution in [0.5, 0.6) is 17.2 Å². The normalized spacial score (nSPS) is 13.4. The minimum absolute atomic E-state index is 0.123. The average molecular weight is 358 g/mol. The SMILES string of the molecule is COc1ccc(/C=C/C[C@H](CO)[C@@H](O)c2ccc(OC)c(OC)c2)cc1. The van der Waals surface area contributed by atoms with E-state index in [4.69, 9.17) is 14.2 Å². The van der Waals surface area contributed by atoms with Gasteiger partial charge < -0.3 is 24.4 Å². The molecule has 0 aliphatic carbocycles. The summed E-state index contributed by atoms with van der Waals surface area (Å²) in [6.07, 6.45) is 3.65. The maximum Gasteiger partial charge on any atom is 0.161 e. The lowest BCUT2D eigenvalue weighted by Crippen LogP contribution is -2.16. The molecule has 0 aromatic heterocycles. The summed E-state index contributed by atoms with van der Waals surface area (Å²) < 4.78 is 15.6. The van der Waals surface area contributed by atoms with E-state index in [-0.39, 0.29) is 12.5 Å². The predicted molar refractivity (Wildman–Crippen MR) is 102 cm³/mol. The van der Waals surface area contributed by atoms with Crippen molar-refractivity contribution >= 4 is 6.08 Å². The van der Waals surface area contributed by atoms with Gasteiger partial charge >= 0.3 is 0 Å². The van der Waals surface area contributed by atoms with Crippen LogP contribution in [0.3, 0.4) is 0 Å². The van der Waals surface area contributed by atoms with Gasteiger partial charge in [0, 0.05) is 12.5 Å². The fourth-order valence-electron chi connectivity index (χ4n) is 2.71. The molecule has 0 saturated heterocycles. The third-order valence-corrected chi connectivity index (χ3v) is 4.30. The van der Waals surface area contributed by atoms with Crippen LogP contribution in [0.1, 0.15) is 23.7 Å². The number of benzene rings is 2. The third-order valence-electron chi connectivity index (χ3n) is 4.30. The first kappa shape index (κ1) is 19.8. The lowest BCUT2D eigenvalue weighted by atomic mass is 9.93. The molecule has 2 aromatic rings. The highest BCUT2D eigenvalue weighted by Crippen LogP contribution is 2.33. The summed E-state index contributed by atoms with van der Waals surface area (Å²) >= 11 is 0. The molecule has 0 spiro atoms. The second-order valence-electron chi connectivity index (χ2n) is 5.91. The molecule has 0 aliphatic rings. The quantitative estimate of drug-likeness (QED) is 0.718. The van der Waals surface area contributed by atoms with E-state index in [1.165, 1.54) is 0 Å². The van der Waals surface area contributed by atoms with Crippen molar-refractivity contribution in [3.63, 3.8) is 0 Å². The molecule has 0 radical (unpaired) electrons. The van der Waals surface area contributed by atoms with Gasteiger partial charge in [-0.05, 0) is 41.8 Å². The predicted octanol–water partition coefficient (Wildman–Crippen LogP) is 3.46. The van der Waals surface area contributed by atoms with Crippen molar-refractivity contribution in [2.24, 2.45) is 5.92 Å². The van der Waals surface area contributed by atoms with Crippen molar-refractivity contribution < 1.29 is 24.4 Å². The van der Waals surface area contributed by atoms with Crippen molar-refractivity contribution in [3.8, 4) is 17.2 Å². The van der Waals surface area contributed by atoms with Crippen LogP contribution in [-0.2, 0) is 0 Å². The van der Waals surface area contributed by atoms with Crippen molar-refractivity contribution in [3.05, 3.63) is 59.7 Å². The molecule has 26 heavy (non-hydrogen) atoms. The molecule has 0 saturated carbocycles. The van der Waals surface area contributed by atoms with Crippen molar-refractivity contribution in [2.75, 3.05) is 27.9 Å². The van der Waals surface area contributed by atoms with E-state index in [0.717, 1.165) is 11.3 Å². The lowest BCUT2D eigenvalue weighted by molar-refractivity contribution is 0.0682. The molecule has 0 bridgehead atoms. The van der Waals surface area contributed by atoms with E-state index >= 15 is 0 Å². The highest BCUT2D eigenvalue weighted by molar-refractivity contribution is 5.50. The lowest BCUT2D eigenvalue weighted by Gasteiger charge is -2.21. The second-order valence-corrected chi connectivity index (χ2v) is 5.91. The summed E-state index contributed by atoms with van der Waals surface area (Å²) in [4.78, 5) is 0. The van der Waals surface area contributed by atoms with E-state index in [9.17, 15) is 10.2 Å².